The molecule has 0 amide bonds. The van der Waals surface area contributed by atoms with Crippen molar-refractivity contribution < 1.29 is 15.0 Å². The summed E-state index contributed by atoms with van der Waals surface area (Å²) in [5.74, 6) is -0.447. The van der Waals surface area contributed by atoms with Gasteiger partial charge in [-0.1, -0.05) is 18.2 Å². The number of carbonyl (C=O) groups is 1. The first kappa shape index (κ1) is 18.1. The topological polar surface area (TPSA) is 86.5 Å². The van der Waals surface area contributed by atoms with Crippen molar-refractivity contribution >= 4 is 22.7 Å². The third-order valence-electron chi connectivity index (χ3n) is 6.19. The average molecular weight is 389 g/mol. The number of aryl methyl sites for hydroxylation is 2. The smallest absolute Gasteiger partial charge is 0.339 e. The summed E-state index contributed by atoms with van der Waals surface area (Å²) < 4.78 is 0. The Morgan fingerprint density at radius 3 is 2.90 bits per heavy atom. The number of pyridine rings is 2. The molecule has 2 atom stereocenters. The largest absolute Gasteiger partial charge is 0.478 e. The van der Waals surface area contributed by atoms with E-state index in [9.17, 15) is 15.0 Å². The van der Waals surface area contributed by atoms with Crippen LogP contribution in [0, 0.1) is 5.92 Å². The zero-order chi connectivity index (χ0) is 20.0. The number of β-amino-alcohol motifs (C(OH)–C–C–N with tert-alkyl or cyclic N) is 1. The fraction of sp³-hybridized carbons (Fsp3) is 0.348. The molecule has 1 aromatic carbocycles. The maximum atomic E-state index is 11.8. The van der Waals surface area contributed by atoms with Gasteiger partial charge in [0.15, 0.2) is 0 Å². The number of carboxylic acid groups (broad SMARTS) is 1. The van der Waals surface area contributed by atoms with Crippen LogP contribution in [0.25, 0.3) is 10.9 Å². The first-order valence-corrected chi connectivity index (χ1v) is 10.1. The van der Waals surface area contributed by atoms with E-state index in [4.69, 9.17) is 4.98 Å². The molecule has 6 heteroatoms. The molecule has 3 heterocycles. The van der Waals surface area contributed by atoms with Crippen molar-refractivity contribution in [1.82, 2.24) is 9.97 Å². The number of aliphatic hydroxyl groups is 1. The van der Waals surface area contributed by atoms with Crippen LogP contribution >= 0.6 is 0 Å². The summed E-state index contributed by atoms with van der Waals surface area (Å²) in [6.07, 6.45) is 4.80. The molecule has 5 rings (SSSR count). The second-order valence-corrected chi connectivity index (χ2v) is 8.05. The summed E-state index contributed by atoms with van der Waals surface area (Å²) >= 11 is 0. The molecule has 1 saturated heterocycles. The van der Waals surface area contributed by atoms with Crippen LogP contribution in [0.4, 0.5) is 5.82 Å². The van der Waals surface area contributed by atoms with Crippen molar-refractivity contribution in [3.63, 3.8) is 0 Å². The number of hydrogen-bond acceptors (Lipinski definition) is 5. The Morgan fingerprint density at radius 1 is 1.17 bits per heavy atom. The molecule has 3 aromatic rings. The predicted octanol–water partition coefficient (Wildman–Crippen LogP) is 2.86. The number of fused-ring (bicyclic) bond motifs is 2. The van der Waals surface area contributed by atoms with Gasteiger partial charge in [-0.25, -0.2) is 9.78 Å². The molecule has 0 radical (unpaired) electrons. The van der Waals surface area contributed by atoms with Crippen LogP contribution in [0.2, 0.25) is 0 Å². The fourth-order valence-corrected chi connectivity index (χ4v) is 4.70. The summed E-state index contributed by atoms with van der Waals surface area (Å²) in [7, 11) is 0. The minimum Gasteiger partial charge on any atom is -0.478 e. The van der Waals surface area contributed by atoms with Gasteiger partial charge >= 0.3 is 5.97 Å². The SMILES string of the molecule is O=C(O)c1cc2c(nc1N1C[C@@H](Cc3ccnc4ccccc34)[C@H](O)C1)CCC2. The third kappa shape index (κ3) is 3.23. The van der Waals surface area contributed by atoms with E-state index in [0.717, 1.165) is 47.0 Å². The van der Waals surface area contributed by atoms with Crippen LogP contribution < -0.4 is 4.90 Å². The normalized spacial score (nSPS) is 20.9. The quantitative estimate of drug-likeness (QED) is 0.714. The van der Waals surface area contributed by atoms with E-state index in [1.54, 1.807) is 12.3 Å². The number of benzene rings is 1. The van der Waals surface area contributed by atoms with E-state index in [1.807, 2.05) is 29.2 Å². The van der Waals surface area contributed by atoms with E-state index >= 15 is 0 Å². The molecule has 2 N–H and O–H groups in total. The van der Waals surface area contributed by atoms with Crippen molar-refractivity contribution in [2.45, 2.75) is 31.8 Å². The summed E-state index contributed by atoms with van der Waals surface area (Å²) in [5.41, 5.74) is 4.39. The summed E-state index contributed by atoms with van der Waals surface area (Å²) in [5, 5.41) is 21.6. The van der Waals surface area contributed by atoms with Gasteiger partial charge in [-0.05, 0) is 55.0 Å². The van der Waals surface area contributed by atoms with E-state index in [1.165, 1.54) is 0 Å². The van der Waals surface area contributed by atoms with Gasteiger partial charge in [0.25, 0.3) is 0 Å². The lowest BCUT2D eigenvalue weighted by atomic mass is 9.94. The third-order valence-corrected chi connectivity index (χ3v) is 6.19. The zero-order valence-electron chi connectivity index (χ0n) is 16.1. The average Bonchev–Trinajstić information content (AvgIpc) is 3.33. The van der Waals surface area contributed by atoms with Crippen LogP contribution in [-0.2, 0) is 19.3 Å². The molecule has 29 heavy (non-hydrogen) atoms. The molecule has 148 valence electrons. The van der Waals surface area contributed by atoms with Gasteiger partial charge in [0.1, 0.15) is 11.4 Å². The lowest BCUT2D eigenvalue weighted by Crippen LogP contribution is -2.25. The van der Waals surface area contributed by atoms with E-state index in [2.05, 4.69) is 11.1 Å². The standard InChI is InChI=1S/C23H23N3O3/c27-21-13-26(22-18(23(28)29)11-15-4-3-7-19(15)25-22)12-16(21)10-14-8-9-24-20-6-2-1-5-17(14)20/h1-2,5-6,8-9,11,16,21,27H,3-4,7,10,12-13H2,(H,28,29)/t16-,21-/m1/s1. The summed E-state index contributed by atoms with van der Waals surface area (Å²) in [6, 6.07) is 11.8. The zero-order valence-corrected chi connectivity index (χ0v) is 16.1. The molecule has 0 spiro atoms. The number of aromatic carboxylic acids is 1. The Bertz CT molecular complexity index is 1090. The molecule has 1 fully saturated rings. The van der Waals surface area contributed by atoms with E-state index < -0.39 is 12.1 Å². The molecule has 0 unspecified atom stereocenters. The highest BCUT2D eigenvalue weighted by Crippen LogP contribution is 2.32. The Balaban J connectivity index is 1.44. The van der Waals surface area contributed by atoms with Crippen LogP contribution in [0.15, 0.2) is 42.6 Å². The van der Waals surface area contributed by atoms with Crippen molar-refractivity contribution in [1.29, 1.82) is 0 Å². The molecule has 0 bridgehead atoms. The molecule has 0 saturated carbocycles. The number of hydrogen-bond donors (Lipinski definition) is 2. The first-order chi connectivity index (χ1) is 14.1. The fourth-order valence-electron chi connectivity index (χ4n) is 4.70. The number of carboxylic acids is 1. The molecule has 1 aliphatic carbocycles. The van der Waals surface area contributed by atoms with Gasteiger partial charge < -0.3 is 15.1 Å². The van der Waals surface area contributed by atoms with Crippen LogP contribution in [0.5, 0.6) is 0 Å². The minimum atomic E-state index is -0.958. The molecule has 1 aliphatic heterocycles. The van der Waals surface area contributed by atoms with Crippen molar-refractivity contribution in [3.05, 3.63) is 65.0 Å². The van der Waals surface area contributed by atoms with E-state index in [-0.39, 0.29) is 11.5 Å². The highest BCUT2D eigenvalue weighted by atomic mass is 16.4. The highest BCUT2D eigenvalue weighted by Gasteiger charge is 2.35. The monoisotopic (exact) mass is 389 g/mol. The number of nitrogens with zero attached hydrogens (tertiary/aromatic N) is 3. The van der Waals surface area contributed by atoms with Crippen molar-refractivity contribution in [2.24, 2.45) is 5.92 Å². The summed E-state index contributed by atoms with van der Waals surface area (Å²) in [6.45, 7) is 0.990. The number of rotatable bonds is 4. The lowest BCUT2D eigenvalue weighted by Gasteiger charge is -2.20. The van der Waals surface area contributed by atoms with Crippen molar-refractivity contribution in [3.8, 4) is 0 Å². The number of anilines is 1. The Hall–Kier alpha value is -2.99. The van der Waals surface area contributed by atoms with Gasteiger partial charge in [-0.2, -0.15) is 0 Å². The second kappa shape index (κ2) is 7.12. The predicted molar refractivity (Wildman–Crippen MR) is 110 cm³/mol. The molecular weight excluding hydrogens is 366 g/mol. The van der Waals surface area contributed by atoms with Crippen LogP contribution in [-0.4, -0.2) is 45.3 Å². The number of aliphatic hydroxyl groups excluding tert-OH is 1. The summed E-state index contributed by atoms with van der Waals surface area (Å²) in [4.78, 5) is 22.9. The Kier molecular flexibility index (Phi) is 4.43. The Morgan fingerprint density at radius 2 is 2.03 bits per heavy atom. The van der Waals surface area contributed by atoms with Crippen molar-refractivity contribution in [2.75, 3.05) is 18.0 Å². The number of para-hydroxylation sites is 1. The van der Waals surface area contributed by atoms with Crippen LogP contribution in [0.1, 0.15) is 33.6 Å². The maximum Gasteiger partial charge on any atom is 0.339 e. The maximum absolute atomic E-state index is 11.8. The van der Waals surface area contributed by atoms with Gasteiger partial charge in [0.2, 0.25) is 0 Å². The second-order valence-electron chi connectivity index (χ2n) is 8.05. The first-order valence-electron chi connectivity index (χ1n) is 10.1. The molecule has 6 nitrogen and oxygen atoms in total. The van der Waals surface area contributed by atoms with Crippen LogP contribution in [0.3, 0.4) is 0 Å². The van der Waals surface area contributed by atoms with E-state index in [0.29, 0.717) is 25.3 Å². The minimum absolute atomic E-state index is 0.0116. The highest BCUT2D eigenvalue weighted by molar-refractivity contribution is 5.94. The van der Waals surface area contributed by atoms with Gasteiger partial charge in [0.05, 0.1) is 11.6 Å². The Labute approximate surface area is 168 Å². The molecule has 2 aliphatic rings. The lowest BCUT2D eigenvalue weighted by molar-refractivity contribution is 0.0697. The van der Waals surface area contributed by atoms with Gasteiger partial charge in [-0.15, -0.1) is 0 Å². The van der Waals surface area contributed by atoms with Gasteiger partial charge in [0, 0.05) is 36.3 Å². The van der Waals surface area contributed by atoms with Gasteiger partial charge in [-0.3, -0.25) is 4.98 Å². The molecule has 2 aromatic heterocycles. The number of aromatic nitrogens is 2. The molecular formula is C23H23N3O3.